The van der Waals surface area contributed by atoms with Gasteiger partial charge in [-0.25, -0.2) is 9.78 Å². The predicted molar refractivity (Wildman–Crippen MR) is 69.1 cm³/mol. The molecule has 0 atom stereocenters. The molecule has 1 N–H and O–H groups in total. The van der Waals surface area contributed by atoms with Crippen molar-refractivity contribution in [3.63, 3.8) is 0 Å². The molecular weight excluding hydrogens is 246 g/mol. The summed E-state index contributed by atoms with van der Waals surface area (Å²) in [6.45, 7) is 5.38. The molecule has 0 bridgehead atoms. The van der Waals surface area contributed by atoms with Crippen LogP contribution in [0.5, 0.6) is 5.88 Å². The Labute approximate surface area is 110 Å². The second kappa shape index (κ2) is 4.72. The number of hydrogen-bond donors (Lipinski definition) is 1. The van der Waals surface area contributed by atoms with Crippen LogP contribution < -0.4 is 4.74 Å². The Balaban J connectivity index is 2.65. The highest BCUT2D eigenvalue weighted by Gasteiger charge is 2.17. The van der Waals surface area contributed by atoms with Gasteiger partial charge >= 0.3 is 5.97 Å². The molecule has 2 rings (SSSR count). The monoisotopic (exact) mass is 261 g/mol. The van der Waals surface area contributed by atoms with Gasteiger partial charge in [-0.1, -0.05) is 0 Å². The fourth-order valence-corrected chi connectivity index (χ4v) is 2.02. The van der Waals surface area contributed by atoms with Crippen molar-refractivity contribution in [2.24, 2.45) is 0 Å². The van der Waals surface area contributed by atoms with Gasteiger partial charge in [-0.2, -0.15) is 4.98 Å². The van der Waals surface area contributed by atoms with Gasteiger partial charge in [0.15, 0.2) is 0 Å². The van der Waals surface area contributed by atoms with Gasteiger partial charge < -0.3 is 9.84 Å². The van der Waals surface area contributed by atoms with Gasteiger partial charge in [-0.15, -0.1) is 0 Å². The van der Waals surface area contributed by atoms with E-state index >= 15 is 0 Å². The first-order valence-corrected chi connectivity index (χ1v) is 5.76. The van der Waals surface area contributed by atoms with Crippen molar-refractivity contribution in [3.8, 4) is 11.8 Å². The molecular formula is C13H15N3O3. The van der Waals surface area contributed by atoms with Gasteiger partial charge in [0.2, 0.25) is 11.8 Å². The fourth-order valence-electron chi connectivity index (χ4n) is 2.02. The van der Waals surface area contributed by atoms with Crippen LogP contribution in [0, 0.1) is 20.8 Å². The fraction of sp³-hybridized carbons (Fsp3) is 0.308. The van der Waals surface area contributed by atoms with E-state index in [-0.39, 0.29) is 5.56 Å². The number of nitrogens with zero attached hydrogens (tertiary/aromatic N) is 3. The highest BCUT2D eigenvalue weighted by atomic mass is 16.5. The van der Waals surface area contributed by atoms with Crippen molar-refractivity contribution in [2.45, 2.75) is 20.8 Å². The zero-order valence-electron chi connectivity index (χ0n) is 11.3. The molecule has 6 heteroatoms. The van der Waals surface area contributed by atoms with Crippen LogP contribution >= 0.6 is 0 Å². The lowest BCUT2D eigenvalue weighted by molar-refractivity contribution is 0.0696. The molecule has 0 spiro atoms. The number of carbonyl (C=O) groups is 1. The number of methoxy groups -OCH3 is 1. The highest BCUT2D eigenvalue weighted by Crippen LogP contribution is 2.20. The van der Waals surface area contributed by atoms with Gasteiger partial charge in [0.05, 0.1) is 12.7 Å². The van der Waals surface area contributed by atoms with Gasteiger partial charge in [-0.3, -0.25) is 4.57 Å². The summed E-state index contributed by atoms with van der Waals surface area (Å²) in [4.78, 5) is 19.7. The van der Waals surface area contributed by atoms with Crippen LogP contribution in [-0.4, -0.2) is 32.7 Å². The molecule has 0 fully saturated rings. The molecule has 0 aliphatic rings. The summed E-state index contributed by atoms with van der Waals surface area (Å²) in [5.41, 5.74) is 2.37. The number of aryl methyl sites for hydroxylation is 2. The van der Waals surface area contributed by atoms with E-state index in [9.17, 15) is 4.79 Å². The lowest BCUT2D eigenvalue weighted by atomic mass is 10.2. The molecule has 0 unspecified atom stereocenters. The lowest BCUT2D eigenvalue weighted by Gasteiger charge is -2.09. The highest BCUT2D eigenvalue weighted by molar-refractivity contribution is 5.89. The smallest absolute Gasteiger partial charge is 0.337 e. The number of aromatic nitrogens is 3. The van der Waals surface area contributed by atoms with Crippen LogP contribution in [0.1, 0.15) is 27.4 Å². The van der Waals surface area contributed by atoms with Crippen molar-refractivity contribution in [2.75, 3.05) is 7.11 Å². The third-order valence-corrected chi connectivity index (χ3v) is 2.89. The molecule has 2 aromatic heterocycles. The third kappa shape index (κ3) is 2.29. The molecule has 0 aromatic carbocycles. The Morgan fingerprint density at radius 1 is 1.26 bits per heavy atom. The Kier molecular flexibility index (Phi) is 3.25. The third-order valence-electron chi connectivity index (χ3n) is 2.89. The number of ether oxygens (including phenoxy) is 1. The summed E-state index contributed by atoms with van der Waals surface area (Å²) in [6.07, 6.45) is 0. The second-order valence-electron chi connectivity index (χ2n) is 4.28. The molecule has 6 nitrogen and oxygen atoms in total. The van der Waals surface area contributed by atoms with Crippen LogP contribution in [0.15, 0.2) is 12.1 Å². The summed E-state index contributed by atoms with van der Waals surface area (Å²) < 4.78 is 6.82. The van der Waals surface area contributed by atoms with Crippen molar-refractivity contribution in [1.82, 2.24) is 14.5 Å². The minimum absolute atomic E-state index is 0.251. The normalized spacial score (nSPS) is 10.5. The molecule has 0 saturated carbocycles. The van der Waals surface area contributed by atoms with E-state index in [0.29, 0.717) is 17.5 Å². The Morgan fingerprint density at radius 2 is 1.95 bits per heavy atom. The van der Waals surface area contributed by atoms with E-state index in [1.54, 1.807) is 23.6 Å². The van der Waals surface area contributed by atoms with Gasteiger partial charge in [0.1, 0.15) is 0 Å². The average Bonchev–Trinajstić information content (AvgIpc) is 2.64. The molecule has 2 heterocycles. The Hall–Kier alpha value is -2.37. The van der Waals surface area contributed by atoms with E-state index in [4.69, 9.17) is 9.84 Å². The molecule has 0 aliphatic heterocycles. The zero-order chi connectivity index (χ0) is 14.2. The maximum atomic E-state index is 11.1. The van der Waals surface area contributed by atoms with Crippen LogP contribution in [0.3, 0.4) is 0 Å². The van der Waals surface area contributed by atoms with Crippen LogP contribution in [0.2, 0.25) is 0 Å². The SMILES string of the molecule is COc1cc(C)nc(-n2c(C)cc(C(=O)O)c2C)n1. The van der Waals surface area contributed by atoms with E-state index in [2.05, 4.69) is 9.97 Å². The van der Waals surface area contributed by atoms with Crippen LogP contribution in [0.4, 0.5) is 0 Å². The largest absolute Gasteiger partial charge is 0.481 e. The number of hydrogen-bond acceptors (Lipinski definition) is 4. The first kappa shape index (κ1) is 13.1. The van der Waals surface area contributed by atoms with Crippen molar-refractivity contribution in [3.05, 3.63) is 34.8 Å². The van der Waals surface area contributed by atoms with E-state index in [0.717, 1.165) is 11.4 Å². The summed E-state index contributed by atoms with van der Waals surface area (Å²) in [6, 6.07) is 3.33. The van der Waals surface area contributed by atoms with E-state index < -0.39 is 5.97 Å². The summed E-state index contributed by atoms with van der Waals surface area (Å²) in [5.74, 6) is -0.0924. The second-order valence-corrected chi connectivity index (χ2v) is 4.28. The minimum atomic E-state index is -0.959. The molecule has 0 radical (unpaired) electrons. The molecule has 0 saturated heterocycles. The number of aromatic carboxylic acids is 1. The number of carboxylic acids is 1. The summed E-state index contributed by atoms with van der Waals surface area (Å²) >= 11 is 0. The molecule has 0 amide bonds. The Morgan fingerprint density at radius 3 is 2.47 bits per heavy atom. The maximum absolute atomic E-state index is 11.1. The summed E-state index contributed by atoms with van der Waals surface area (Å²) in [5, 5.41) is 9.13. The first-order valence-electron chi connectivity index (χ1n) is 5.76. The topological polar surface area (TPSA) is 77.2 Å². The quantitative estimate of drug-likeness (QED) is 0.913. The minimum Gasteiger partial charge on any atom is -0.481 e. The van der Waals surface area contributed by atoms with Gasteiger partial charge in [0.25, 0.3) is 0 Å². The maximum Gasteiger partial charge on any atom is 0.337 e. The standard InChI is InChI=1S/C13H15N3O3/c1-7-5-11(19-4)15-13(14-7)16-8(2)6-10(9(16)3)12(17)18/h5-6H,1-4H3,(H,17,18). The van der Waals surface area contributed by atoms with Crippen molar-refractivity contribution < 1.29 is 14.6 Å². The Bertz CT molecular complexity index is 647. The molecule has 19 heavy (non-hydrogen) atoms. The van der Waals surface area contributed by atoms with E-state index in [1.807, 2.05) is 13.8 Å². The predicted octanol–water partition coefficient (Wildman–Crippen LogP) is 1.90. The number of carboxylic acid groups (broad SMARTS) is 1. The van der Waals surface area contributed by atoms with E-state index in [1.165, 1.54) is 7.11 Å². The zero-order valence-corrected chi connectivity index (χ0v) is 11.3. The number of rotatable bonds is 3. The average molecular weight is 261 g/mol. The van der Waals surface area contributed by atoms with Gasteiger partial charge in [0, 0.05) is 23.1 Å². The first-order chi connectivity index (χ1) is 8.93. The molecule has 0 aliphatic carbocycles. The lowest BCUT2D eigenvalue weighted by Crippen LogP contribution is -2.08. The summed E-state index contributed by atoms with van der Waals surface area (Å²) in [7, 11) is 1.53. The van der Waals surface area contributed by atoms with Crippen LogP contribution in [0.25, 0.3) is 5.95 Å². The van der Waals surface area contributed by atoms with Crippen molar-refractivity contribution in [1.29, 1.82) is 0 Å². The van der Waals surface area contributed by atoms with Gasteiger partial charge in [-0.05, 0) is 26.8 Å². The molecule has 100 valence electrons. The van der Waals surface area contributed by atoms with Crippen molar-refractivity contribution >= 4 is 5.97 Å². The van der Waals surface area contributed by atoms with Crippen LogP contribution in [-0.2, 0) is 0 Å². The molecule has 2 aromatic rings.